The van der Waals surface area contributed by atoms with Crippen molar-refractivity contribution >= 4 is 0 Å². The van der Waals surface area contributed by atoms with E-state index in [2.05, 4.69) is 40.2 Å². The Morgan fingerprint density at radius 1 is 1.26 bits per heavy atom. The highest BCUT2D eigenvalue weighted by Gasteiger charge is 2.17. The topological polar surface area (TPSA) is 39.9 Å². The molecule has 19 heavy (non-hydrogen) atoms. The predicted octanol–water partition coefficient (Wildman–Crippen LogP) is 2.51. The van der Waals surface area contributed by atoms with E-state index in [-0.39, 0.29) is 0 Å². The molecule has 0 atom stereocenters. The summed E-state index contributed by atoms with van der Waals surface area (Å²) in [4.78, 5) is 6.82. The Hall–Kier alpha value is -2.18. The fourth-order valence-electron chi connectivity index (χ4n) is 2.50. The number of rotatable bonds is 2. The molecule has 0 radical (unpaired) electrons. The van der Waals surface area contributed by atoms with E-state index in [0.717, 1.165) is 31.7 Å². The van der Waals surface area contributed by atoms with Crippen molar-refractivity contribution in [2.75, 3.05) is 6.54 Å². The molecule has 0 spiro atoms. The molecular weight excluding hydrogens is 234 g/mol. The largest absolute Gasteiger partial charge is 0.293 e. The molecule has 0 fully saturated rings. The quantitative estimate of drug-likeness (QED) is 0.821. The summed E-state index contributed by atoms with van der Waals surface area (Å²) in [6.45, 7) is 2.86. The zero-order valence-corrected chi connectivity index (χ0v) is 10.7. The van der Waals surface area contributed by atoms with Crippen LogP contribution in [0.15, 0.2) is 42.6 Å². The van der Waals surface area contributed by atoms with Crippen LogP contribution in [0.4, 0.5) is 0 Å². The molecule has 1 aromatic carbocycles. The molecule has 1 aliphatic rings. The highest BCUT2D eigenvalue weighted by Crippen LogP contribution is 2.19. The number of aromatic nitrogens is 1. The molecule has 3 nitrogen and oxygen atoms in total. The van der Waals surface area contributed by atoms with Gasteiger partial charge in [0.25, 0.3) is 0 Å². The van der Waals surface area contributed by atoms with Crippen molar-refractivity contribution in [1.29, 1.82) is 5.26 Å². The van der Waals surface area contributed by atoms with E-state index < -0.39 is 0 Å². The lowest BCUT2D eigenvalue weighted by Crippen LogP contribution is -2.30. The van der Waals surface area contributed by atoms with Gasteiger partial charge >= 0.3 is 0 Å². The second-order valence-corrected chi connectivity index (χ2v) is 4.89. The third-order valence-electron chi connectivity index (χ3n) is 3.51. The minimum Gasteiger partial charge on any atom is -0.293 e. The van der Waals surface area contributed by atoms with Gasteiger partial charge in [0.2, 0.25) is 0 Å². The third-order valence-corrected chi connectivity index (χ3v) is 3.51. The average Bonchev–Trinajstić information content (AvgIpc) is 2.48. The maximum atomic E-state index is 8.89. The zero-order valence-electron chi connectivity index (χ0n) is 10.7. The van der Waals surface area contributed by atoms with Crippen LogP contribution < -0.4 is 0 Å². The number of nitrogens with zero attached hydrogens (tertiary/aromatic N) is 3. The van der Waals surface area contributed by atoms with Gasteiger partial charge in [0.1, 0.15) is 6.07 Å². The first-order valence-electron chi connectivity index (χ1n) is 6.49. The zero-order chi connectivity index (χ0) is 13.1. The SMILES string of the molecule is N#Cc1cnc2c(c1)CCN(Cc1ccccc1)C2. The Labute approximate surface area is 113 Å². The van der Waals surface area contributed by atoms with E-state index >= 15 is 0 Å². The standard InChI is InChI=1S/C16H15N3/c17-9-14-8-15-6-7-19(12-16(15)18-10-14)11-13-4-2-1-3-5-13/h1-5,8,10H,6-7,11-12H2. The third kappa shape index (κ3) is 2.64. The summed E-state index contributed by atoms with van der Waals surface area (Å²) < 4.78 is 0. The fourth-order valence-corrected chi connectivity index (χ4v) is 2.50. The Morgan fingerprint density at radius 3 is 2.89 bits per heavy atom. The Balaban J connectivity index is 1.74. The van der Waals surface area contributed by atoms with E-state index in [1.807, 2.05) is 12.1 Å². The number of pyridine rings is 1. The molecular formula is C16H15N3. The first-order valence-corrected chi connectivity index (χ1v) is 6.49. The molecule has 0 N–H and O–H groups in total. The van der Waals surface area contributed by atoms with Crippen LogP contribution in [0.2, 0.25) is 0 Å². The fraction of sp³-hybridized carbons (Fsp3) is 0.250. The first-order chi connectivity index (χ1) is 9.35. The van der Waals surface area contributed by atoms with E-state index in [1.54, 1.807) is 6.20 Å². The monoisotopic (exact) mass is 249 g/mol. The summed E-state index contributed by atoms with van der Waals surface area (Å²) in [7, 11) is 0. The number of benzene rings is 1. The van der Waals surface area contributed by atoms with Crippen molar-refractivity contribution in [3.63, 3.8) is 0 Å². The van der Waals surface area contributed by atoms with Gasteiger partial charge in [-0.05, 0) is 23.6 Å². The first kappa shape index (κ1) is 11.9. The Kier molecular flexibility index (Phi) is 3.26. The van der Waals surface area contributed by atoms with Crippen LogP contribution in [0, 0.1) is 11.3 Å². The molecule has 0 bridgehead atoms. The minimum absolute atomic E-state index is 0.662. The summed E-state index contributed by atoms with van der Waals surface area (Å²) in [5.41, 5.74) is 4.33. The smallest absolute Gasteiger partial charge is 0.101 e. The Bertz CT molecular complexity index is 614. The van der Waals surface area contributed by atoms with Gasteiger partial charge in [-0.15, -0.1) is 0 Å². The molecule has 94 valence electrons. The summed E-state index contributed by atoms with van der Waals surface area (Å²) in [6, 6.07) is 14.6. The van der Waals surface area contributed by atoms with Gasteiger partial charge in [0.05, 0.1) is 11.3 Å². The van der Waals surface area contributed by atoms with Crippen LogP contribution in [-0.4, -0.2) is 16.4 Å². The van der Waals surface area contributed by atoms with Crippen molar-refractivity contribution in [3.05, 3.63) is 65.0 Å². The van der Waals surface area contributed by atoms with Crippen molar-refractivity contribution in [2.45, 2.75) is 19.5 Å². The van der Waals surface area contributed by atoms with Crippen LogP contribution in [0.1, 0.15) is 22.4 Å². The molecule has 3 heteroatoms. The molecule has 0 amide bonds. The van der Waals surface area contributed by atoms with E-state index in [1.165, 1.54) is 11.1 Å². The van der Waals surface area contributed by atoms with Gasteiger partial charge < -0.3 is 0 Å². The van der Waals surface area contributed by atoms with Gasteiger partial charge in [0, 0.05) is 25.8 Å². The van der Waals surface area contributed by atoms with Crippen LogP contribution in [0.25, 0.3) is 0 Å². The summed E-state index contributed by atoms with van der Waals surface area (Å²) in [5.74, 6) is 0. The van der Waals surface area contributed by atoms with Gasteiger partial charge in [-0.1, -0.05) is 30.3 Å². The van der Waals surface area contributed by atoms with Crippen molar-refractivity contribution < 1.29 is 0 Å². The molecule has 0 saturated carbocycles. The summed E-state index contributed by atoms with van der Waals surface area (Å²) in [6.07, 6.45) is 2.65. The molecule has 1 aliphatic heterocycles. The van der Waals surface area contributed by atoms with E-state index in [4.69, 9.17) is 5.26 Å². The number of fused-ring (bicyclic) bond motifs is 1. The lowest BCUT2D eigenvalue weighted by atomic mass is 10.0. The van der Waals surface area contributed by atoms with Crippen molar-refractivity contribution in [3.8, 4) is 6.07 Å². The normalized spacial score (nSPS) is 14.7. The molecule has 2 heterocycles. The lowest BCUT2D eigenvalue weighted by Gasteiger charge is -2.28. The van der Waals surface area contributed by atoms with Crippen LogP contribution in [0.3, 0.4) is 0 Å². The van der Waals surface area contributed by atoms with Gasteiger partial charge in [-0.3, -0.25) is 9.88 Å². The van der Waals surface area contributed by atoms with Gasteiger partial charge in [-0.2, -0.15) is 5.26 Å². The molecule has 0 saturated heterocycles. The van der Waals surface area contributed by atoms with Gasteiger partial charge in [0.15, 0.2) is 0 Å². The molecule has 0 aliphatic carbocycles. The second kappa shape index (κ2) is 5.21. The average molecular weight is 249 g/mol. The molecule has 3 rings (SSSR count). The van der Waals surface area contributed by atoms with E-state index in [0.29, 0.717) is 5.56 Å². The maximum absolute atomic E-state index is 8.89. The highest BCUT2D eigenvalue weighted by molar-refractivity contribution is 5.34. The number of hydrogen-bond acceptors (Lipinski definition) is 3. The number of nitriles is 1. The van der Waals surface area contributed by atoms with Gasteiger partial charge in [-0.25, -0.2) is 0 Å². The van der Waals surface area contributed by atoms with Crippen molar-refractivity contribution in [2.24, 2.45) is 0 Å². The second-order valence-electron chi connectivity index (χ2n) is 4.89. The highest BCUT2D eigenvalue weighted by atomic mass is 15.1. The van der Waals surface area contributed by atoms with Crippen molar-refractivity contribution in [1.82, 2.24) is 9.88 Å². The Morgan fingerprint density at radius 2 is 2.11 bits per heavy atom. The van der Waals surface area contributed by atoms with E-state index in [9.17, 15) is 0 Å². The summed E-state index contributed by atoms with van der Waals surface area (Å²) in [5, 5.41) is 8.89. The van der Waals surface area contributed by atoms with Crippen LogP contribution >= 0.6 is 0 Å². The number of hydrogen-bond donors (Lipinski definition) is 0. The van der Waals surface area contributed by atoms with Crippen LogP contribution in [-0.2, 0) is 19.5 Å². The molecule has 2 aromatic rings. The molecule has 0 unspecified atom stereocenters. The van der Waals surface area contributed by atoms with Crippen LogP contribution in [0.5, 0.6) is 0 Å². The lowest BCUT2D eigenvalue weighted by molar-refractivity contribution is 0.241. The summed E-state index contributed by atoms with van der Waals surface area (Å²) >= 11 is 0. The molecule has 1 aromatic heterocycles. The predicted molar refractivity (Wildman–Crippen MR) is 73.2 cm³/mol. The maximum Gasteiger partial charge on any atom is 0.101 e. The minimum atomic E-state index is 0.662.